The van der Waals surface area contributed by atoms with Crippen LogP contribution in [-0.2, 0) is 0 Å². The van der Waals surface area contributed by atoms with Crippen LogP contribution in [0.2, 0.25) is 0 Å². The minimum atomic E-state index is -1.57. The first-order chi connectivity index (χ1) is 13.8. The zero-order chi connectivity index (χ0) is 19.2. The summed E-state index contributed by atoms with van der Waals surface area (Å²) in [7, 11) is 3.24. The van der Waals surface area contributed by atoms with Gasteiger partial charge in [-0.1, -0.05) is 0 Å². The molecule has 2 atom stereocenters. The van der Waals surface area contributed by atoms with Gasteiger partial charge in [0.2, 0.25) is 0 Å². The number of hydrogen-bond donors (Lipinski definition) is 0. The maximum atomic E-state index is 3.24. The van der Waals surface area contributed by atoms with E-state index in [2.05, 4.69) is 131 Å². The quantitative estimate of drug-likeness (QED) is 0.294. The van der Waals surface area contributed by atoms with Gasteiger partial charge >= 0.3 is 175 Å². The molecule has 0 fully saturated rings. The molecule has 2 heteroatoms. The summed E-state index contributed by atoms with van der Waals surface area (Å²) < 4.78 is 3.46. The van der Waals surface area contributed by atoms with Crippen molar-refractivity contribution in [2.24, 2.45) is 0 Å². The molecule has 0 nitrogen and oxygen atoms in total. The average molecular weight is 442 g/mol. The molecule has 4 aromatic carbocycles. The van der Waals surface area contributed by atoms with Crippen LogP contribution in [0.3, 0.4) is 0 Å². The van der Waals surface area contributed by atoms with Gasteiger partial charge in [-0.3, -0.25) is 0 Å². The van der Waals surface area contributed by atoms with Crippen LogP contribution in [0, 0.1) is 0 Å². The molecule has 0 heterocycles. The van der Waals surface area contributed by atoms with E-state index in [4.69, 9.17) is 0 Å². The van der Waals surface area contributed by atoms with E-state index in [9.17, 15) is 0 Å². The Morgan fingerprint density at radius 2 is 0.786 bits per heavy atom. The van der Waals surface area contributed by atoms with Crippen molar-refractivity contribution < 1.29 is 0 Å². The second-order valence-corrected chi connectivity index (χ2v) is 13.7. The van der Waals surface area contributed by atoms with E-state index in [0.717, 1.165) is 0 Å². The fraction of sp³-hybridized carbons (Fsp3) is 0.0769. The van der Waals surface area contributed by atoms with Gasteiger partial charge in [0, 0.05) is 0 Å². The average Bonchev–Trinajstić information content (AvgIpc) is 2.77. The van der Waals surface area contributed by atoms with Crippen molar-refractivity contribution in [3.05, 3.63) is 132 Å². The Morgan fingerprint density at radius 1 is 0.464 bits per heavy atom. The van der Waals surface area contributed by atoms with E-state index < -0.39 is 14.7 Å². The third-order valence-corrected chi connectivity index (χ3v) is 12.4. The van der Waals surface area contributed by atoms with Gasteiger partial charge in [-0.15, -0.1) is 0 Å². The van der Waals surface area contributed by atoms with E-state index in [0.29, 0.717) is 10.4 Å². The Hall–Kier alpha value is -2.13. The summed E-state index contributed by atoms with van der Waals surface area (Å²) in [4.78, 5) is 0. The van der Waals surface area contributed by atoms with E-state index in [1.807, 2.05) is 0 Å². The van der Waals surface area contributed by atoms with Crippen molar-refractivity contribution in [2.75, 3.05) is 0 Å². The van der Waals surface area contributed by atoms with Crippen LogP contribution < -0.4 is 8.70 Å². The first-order valence-corrected chi connectivity index (χ1v) is 13.2. The van der Waals surface area contributed by atoms with Gasteiger partial charge in [0.1, 0.15) is 0 Å². The molecule has 0 aliphatic carbocycles. The van der Waals surface area contributed by atoms with Crippen molar-refractivity contribution in [1.29, 1.82) is 0 Å². The Labute approximate surface area is 175 Å². The first kappa shape index (κ1) is 19.2. The third-order valence-electron chi connectivity index (χ3n) is 5.03. The molecule has 2 unspecified atom stereocenters. The van der Waals surface area contributed by atoms with Crippen LogP contribution in [0.5, 0.6) is 0 Å². The second-order valence-electron chi connectivity index (χ2n) is 6.83. The van der Waals surface area contributed by atoms with Crippen LogP contribution in [0.15, 0.2) is 121 Å². The molecule has 0 spiro atoms. The molecule has 0 N–H and O–H groups in total. The third kappa shape index (κ3) is 4.30. The fourth-order valence-corrected chi connectivity index (χ4v) is 11.4. The molecule has 0 aromatic heterocycles. The molecule has 0 saturated heterocycles. The molecule has 4 aromatic rings. The molecule has 138 valence electrons. The molecule has 0 aliphatic rings. The SMILES string of the molecule is PC(C(c1ccccc1)c1ccccc1)[As](c1ccccc1)c1ccccc1. The van der Waals surface area contributed by atoms with Crippen LogP contribution in [0.4, 0.5) is 0 Å². The standard InChI is InChI=1S/C26H24AsP/c28-26(25(21-13-5-1-6-14-21)22-15-7-2-8-16-22)27(23-17-9-3-10-18-23)24-19-11-4-12-20-24/h1-20,25-26H,28H2. The molecule has 0 bridgehead atoms. The van der Waals surface area contributed by atoms with Crippen LogP contribution in [0.1, 0.15) is 17.0 Å². The predicted molar refractivity (Wildman–Crippen MR) is 126 cm³/mol. The Morgan fingerprint density at radius 3 is 1.14 bits per heavy atom. The maximum absolute atomic E-state index is 3.24. The van der Waals surface area contributed by atoms with Crippen molar-refractivity contribution in [3.63, 3.8) is 0 Å². The van der Waals surface area contributed by atoms with Gasteiger partial charge in [-0.25, -0.2) is 0 Å². The number of benzene rings is 4. The van der Waals surface area contributed by atoms with Crippen LogP contribution >= 0.6 is 9.24 Å². The monoisotopic (exact) mass is 442 g/mol. The molecule has 0 saturated carbocycles. The summed E-state index contributed by atoms with van der Waals surface area (Å²) in [6, 6.07) is 44.2. The summed E-state index contributed by atoms with van der Waals surface area (Å²) in [5.74, 6) is 0.354. The normalized spacial score (nSPS) is 12.2. The first-order valence-electron chi connectivity index (χ1n) is 9.59. The van der Waals surface area contributed by atoms with Crippen molar-refractivity contribution in [2.45, 2.75) is 10.4 Å². The van der Waals surface area contributed by atoms with Crippen molar-refractivity contribution in [1.82, 2.24) is 0 Å². The van der Waals surface area contributed by atoms with Crippen LogP contribution in [-0.4, -0.2) is 19.1 Å². The summed E-state index contributed by atoms with van der Waals surface area (Å²) >= 11 is -1.57. The van der Waals surface area contributed by atoms with E-state index in [-0.39, 0.29) is 0 Å². The molecule has 28 heavy (non-hydrogen) atoms. The minimum absolute atomic E-state index is 0.354. The van der Waals surface area contributed by atoms with Gasteiger partial charge in [0.05, 0.1) is 0 Å². The van der Waals surface area contributed by atoms with Gasteiger partial charge in [-0.2, -0.15) is 0 Å². The van der Waals surface area contributed by atoms with Gasteiger partial charge in [0.15, 0.2) is 0 Å². The Kier molecular flexibility index (Phi) is 6.43. The van der Waals surface area contributed by atoms with Gasteiger partial charge in [-0.05, 0) is 0 Å². The van der Waals surface area contributed by atoms with Gasteiger partial charge in [0.25, 0.3) is 0 Å². The fourth-order valence-electron chi connectivity index (χ4n) is 3.73. The van der Waals surface area contributed by atoms with E-state index >= 15 is 0 Å². The predicted octanol–water partition coefficient (Wildman–Crippen LogP) is 4.91. The zero-order valence-corrected chi connectivity index (χ0v) is 18.8. The number of rotatable bonds is 6. The second kappa shape index (κ2) is 9.38. The van der Waals surface area contributed by atoms with Crippen molar-refractivity contribution in [3.8, 4) is 0 Å². The molecule has 4 rings (SSSR count). The Balaban J connectivity index is 1.84. The summed E-state index contributed by atoms with van der Waals surface area (Å²) in [5, 5.41) is 0. The zero-order valence-electron chi connectivity index (χ0n) is 15.7. The molecule has 0 radical (unpaired) electrons. The Bertz CT molecular complexity index is 810. The molecular weight excluding hydrogens is 418 g/mol. The summed E-state index contributed by atoms with van der Waals surface area (Å²) in [6.07, 6.45) is 0. The van der Waals surface area contributed by atoms with Crippen LogP contribution in [0.25, 0.3) is 0 Å². The molecule has 0 amide bonds. The topological polar surface area (TPSA) is 0 Å². The van der Waals surface area contributed by atoms with E-state index in [1.165, 1.54) is 19.8 Å². The molecular formula is C26H24AsP. The number of hydrogen-bond acceptors (Lipinski definition) is 0. The summed E-state index contributed by atoms with van der Waals surface area (Å²) in [6.45, 7) is 0. The van der Waals surface area contributed by atoms with E-state index in [1.54, 1.807) is 0 Å². The van der Waals surface area contributed by atoms with Crippen molar-refractivity contribution >= 4 is 32.6 Å². The summed E-state index contributed by atoms with van der Waals surface area (Å²) in [5.41, 5.74) is 2.78. The molecule has 0 aliphatic heterocycles. The van der Waals surface area contributed by atoms with Gasteiger partial charge < -0.3 is 0 Å².